The van der Waals surface area contributed by atoms with Crippen LogP contribution >= 0.6 is 0 Å². The molecule has 4 aliphatic rings. The summed E-state index contributed by atoms with van der Waals surface area (Å²) in [5, 5.41) is 30.8. The minimum absolute atomic E-state index is 0.0205. The molecule has 2 N–H and O–H groups in total. The van der Waals surface area contributed by atoms with E-state index in [1.54, 1.807) is 0 Å². The lowest BCUT2D eigenvalue weighted by Gasteiger charge is -2.62. The number of hydrogen-bond acceptors (Lipinski definition) is 3. The average Bonchev–Trinajstić information content (AvgIpc) is 2.83. The van der Waals surface area contributed by atoms with Gasteiger partial charge < -0.3 is 10.2 Å². The summed E-state index contributed by atoms with van der Waals surface area (Å²) in [6.07, 6.45) is 7.87. The van der Waals surface area contributed by atoms with Crippen LogP contribution in [0.4, 0.5) is 0 Å². The maximum absolute atomic E-state index is 11.1. The van der Waals surface area contributed by atoms with Crippen LogP contribution in [0.25, 0.3) is 0 Å². The Kier molecular flexibility index (Phi) is 3.60. The molecule has 128 valence electrons. The second kappa shape index (κ2) is 5.20. The van der Waals surface area contributed by atoms with Gasteiger partial charge in [0.2, 0.25) is 0 Å². The predicted octanol–water partition coefficient (Wildman–Crippen LogP) is 3.50. The molecule has 4 rings (SSSR count). The maximum Gasteiger partial charge on any atom is 0.0661 e. The van der Waals surface area contributed by atoms with Crippen molar-refractivity contribution in [1.82, 2.24) is 0 Å². The molecule has 0 aromatic heterocycles. The van der Waals surface area contributed by atoms with E-state index in [4.69, 9.17) is 0 Å². The Labute approximate surface area is 140 Å². The minimum Gasteiger partial charge on any atom is -0.393 e. The zero-order chi connectivity index (χ0) is 16.4. The Balaban J connectivity index is 1.68. The molecule has 3 nitrogen and oxygen atoms in total. The molecule has 23 heavy (non-hydrogen) atoms. The number of aliphatic hydroxyl groups is 2. The van der Waals surface area contributed by atoms with Gasteiger partial charge in [-0.15, -0.1) is 0 Å². The van der Waals surface area contributed by atoms with Gasteiger partial charge in [0, 0.05) is 0 Å². The first-order valence-electron chi connectivity index (χ1n) is 9.66. The van der Waals surface area contributed by atoms with E-state index in [1.807, 2.05) is 0 Å². The van der Waals surface area contributed by atoms with Crippen molar-refractivity contribution in [3.05, 3.63) is 0 Å². The lowest BCUT2D eigenvalue weighted by Crippen LogP contribution is -2.59. The molecule has 0 spiro atoms. The number of nitrogens with zero attached hydrogens (tertiary/aromatic N) is 1. The van der Waals surface area contributed by atoms with E-state index in [9.17, 15) is 15.5 Å². The van der Waals surface area contributed by atoms with Crippen LogP contribution < -0.4 is 0 Å². The van der Waals surface area contributed by atoms with E-state index in [1.165, 1.54) is 19.3 Å². The molecule has 4 fully saturated rings. The average molecular weight is 317 g/mol. The number of nitriles is 1. The third-order valence-corrected chi connectivity index (χ3v) is 8.72. The van der Waals surface area contributed by atoms with Gasteiger partial charge in [0.15, 0.2) is 0 Å². The van der Waals surface area contributed by atoms with Gasteiger partial charge in [0.25, 0.3) is 0 Å². The highest BCUT2D eigenvalue weighted by Gasteiger charge is 2.63. The Morgan fingerprint density at radius 1 is 1.00 bits per heavy atom. The summed E-state index contributed by atoms with van der Waals surface area (Å²) < 4.78 is 0. The molecule has 2 unspecified atom stereocenters. The molecule has 0 aromatic rings. The minimum atomic E-state index is -0.266. The second-order valence-corrected chi connectivity index (χ2v) is 9.54. The monoisotopic (exact) mass is 317 g/mol. The number of rotatable bonds is 0. The fourth-order valence-corrected chi connectivity index (χ4v) is 7.57. The van der Waals surface area contributed by atoms with Crippen molar-refractivity contribution < 1.29 is 10.2 Å². The Morgan fingerprint density at radius 2 is 1.78 bits per heavy atom. The van der Waals surface area contributed by atoms with Gasteiger partial charge in [-0.1, -0.05) is 13.8 Å². The summed E-state index contributed by atoms with van der Waals surface area (Å²) in [7, 11) is 0. The van der Waals surface area contributed by atoms with E-state index in [0.717, 1.165) is 32.1 Å². The molecule has 0 aromatic carbocycles. The van der Waals surface area contributed by atoms with E-state index in [-0.39, 0.29) is 29.0 Å². The molecule has 0 amide bonds. The molecule has 0 aliphatic heterocycles. The van der Waals surface area contributed by atoms with Gasteiger partial charge in [-0.25, -0.2) is 0 Å². The predicted molar refractivity (Wildman–Crippen MR) is 88.2 cm³/mol. The first kappa shape index (κ1) is 15.9. The molecule has 9 atom stereocenters. The Bertz CT molecular complexity index is 528. The molecule has 4 aliphatic carbocycles. The molecule has 3 heteroatoms. The Morgan fingerprint density at radius 3 is 2.52 bits per heavy atom. The molecule has 0 bridgehead atoms. The van der Waals surface area contributed by atoms with Gasteiger partial charge in [-0.05, 0) is 85.9 Å². The highest BCUT2D eigenvalue weighted by molar-refractivity contribution is 5.14. The molecule has 4 saturated carbocycles. The van der Waals surface area contributed by atoms with Gasteiger partial charge in [0.1, 0.15) is 0 Å². The summed E-state index contributed by atoms with van der Waals surface area (Å²) in [5.41, 5.74) is 0.209. The van der Waals surface area contributed by atoms with Crippen LogP contribution in [0, 0.1) is 51.8 Å². The molecule has 0 heterocycles. The van der Waals surface area contributed by atoms with Crippen LogP contribution in [0.15, 0.2) is 0 Å². The van der Waals surface area contributed by atoms with Crippen LogP contribution in [0.3, 0.4) is 0 Å². The summed E-state index contributed by atoms with van der Waals surface area (Å²) in [6, 6.07) is 2.55. The first-order chi connectivity index (χ1) is 10.9. The summed E-state index contributed by atoms with van der Waals surface area (Å²) >= 11 is 0. The van der Waals surface area contributed by atoms with E-state index in [2.05, 4.69) is 19.9 Å². The van der Waals surface area contributed by atoms with Crippen molar-refractivity contribution in [3.8, 4) is 6.07 Å². The van der Waals surface area contributed by atoms with E-state index < -0.39 is 0 Å². The third kappa shape index (κ3) is 2.07. The van der Waals surface area contributed by atoms with Crippen molar-refractivity contribution in [2.24, 2.45) is 40.4 Å². The molecule has 0 radical (unpaired) electrons. The highest BCUT2D eigenvalue weighted by Crippen LogP contribution is 2.67. The van der Waals surface area contributed by atoms with Crippen molar-refractivity contribution in [1.29, 1.82) is 5.26 Å². The lowest BCUT2D eigenvalue weighted by atomic mass is 9.44. The lowest BCUT2D eigenvalue weighted by molar-refractivity contribution is -0.175. The summed E-state index contributed by atoms with van der Waals surface area (Å²) in [4.78, 5) is 0. The largest absolute Gasteiger partial charge is 0.393 e. The zero-order valence-corrected chi connectivity index (χ0v) is 14.5. The van der Waals surface area contributed by atoms with Crippen LogP contribution in [0.2, 0.25) is 0 Å². The molecule has 0 saturated heterocycles. The van der Waals surface area contributed by atoms with Gasteiger partial charge in [0.05, 0.1) is 24.2 Å². The number of aliphatic hydroxyl groups excluding tert-OH is 2. The topological polar surface area (TPSA) is 64.2 Å². The number of hydrogen-bond donors (Lipinski definition) is 2. The highest BCUT2D eigenvalue weighted by atomic mass is 16.3. The number of fused-ring (bicyclic) bond motifs is 5. The quantitative estimate of drug-likeness (QED) is 0.718. The fraction of sp³-hybridized carbons (Fsp3) is 0.950. The van der Waals surface area contributed by atoms with Gasteiger partial charge >= 0.3 is 0 Å². The van der Waals surface area contributed by atoms with Crippen molar-refractivity contribution >= 4 is 0 Å². The van der Waals surface area contributed by atoms with E-state index in [0.29, 0.717) is 23.7 Å². The van der Waals surface area contributed by atoms with Crippen molar-refractivity contribution in [3.63, 3.8) is 0 Å². The maximum atomic E-state index is 11.1. The molecular formula is C20H31NO2. The van der Waals surface area contributed by atoms with E-state index >= 15 is 0 Å². The fourth-order valence-electron chi connectivity index (χ4n) is 7.57. The van der Waals surface area contributed by atoms with Gasteiger partial charge in [-0.2, -0.15) is 5.26 Å². The zero-order valence-electron chi connectivity index (χ0n) is 14.5. The Hall–Kier alpha value is -0.590. The normalized spacial score (nSPS) is 58.7. The first-order valence-corrected chi connectivity index (χ1v) is 9.66. The smallest absolute Gasteiger partial charge is 0.0661 e. The third-order valence-electron chi connectivity index (χ3n) is 8.72. The summed E-state index contributed by atoms with van der Waals surface area (Å²) in [5.74, 6) is 2.27. The van der Waals surface area contributed by atoms with Crippen LogP contribution in [0.5, 0.6) is 0 Å². The van der Waals surface area contributed by atoms with Gasteiger partial charge in [-0.3, -0.25) is 0 Å². The standard InChI is InChI=1S/C20H31NO2/c1-19-8-7-14(22)9-12(19)3-5-15-16-6-4-13(11-21)20(16,2)10-17(23)18(15)19/h12-18,22-23H,3-10H2,1-2H3/t12-,13-,14-,15+,16?,17+,18?,19+,20-/m1/s1. The van der Waals surface area contributed by atoms with Crippen molar-refractivity contribution in [2.75, 3.05) is 0 Å². The molecular weight excluding hydrogens is 286 g/mol. The SMILES string of the molecule is C[C@]12C[C@H](O)C3[C@@H](CC[C@@H]4C[C@H](O)CC[C@]34C)C1CC[C@@H]2C#N. The van der Waals surface area contributed by atoms with Crippen LogP contribution in [-0.4, -0.2) is 22.4 Å². The van der Waals surface area contributed by atoms with Crippen molar-refractivity contribution in [2.45, 2.75) is 77.4 Å². The van der Waals surface area contributed by atoms with Crippen LogP contribution in [0.1, 0.15) is 65.2 Å². The summed E-state index contributed by atoms with van der Waals surface area (Å²) in [6.45, 7) is 4.67. The van der Waals surface area contributed by atoms with Crippen LogP contribution in [-0.2, 0) is 0 Å². The second-order valence-electron chi connectivity index (χ2n) is 9.54.